The number of nitrogens with zero attached hydrogens (tertiary/aromatic N) is 3. The van der Waals surface area contributed by atoms with E-state index in [0.29, 0.717) is 0 Å². The lowest BCUT2D eigenvalue weighted by Gasteiger charge is -2.04. The van der Waals surface area contributed by atoms with Gasteiger partial charge in [-0.2, -0.15) is 5.10 Å². The number of thiophene rings is 1. The van der Waals surface area contributed by atoms with E-state index in [2.05, 4.69) is 34.5 Å². The minimum Gasteiger partial charge on any atom is -0.310 e. The van der Waals surface area contributed by atoms with Crippen molar-refractivity contribution < 1.29 is 0 Å². The summed E-state index contributed by atoms with van der Waals surface area (Å²) in [6, 6.07) is 4.34. The van der Waals surface area contributed by atoms with Gasteiger partial charge in [0.05, 0.1) is 6.54 Å². The molecule has 4 nitrogen and oxygen atoms in total. The summed E-state index contributed by atoms with van der Waals surface area (Å²) in [6.45, 7) is 8.77. The summed E-state index contributed by atoms with van der Waals surface area (Å²) in [5.74, 6) is 1.83. The minimum absolute atomic E-state index is 0.844. The van der Waals surface area contributed by atoms with E-state index >= 15 is 0 Å². The van der Waals surface area contributed by atoms with Gasteiger partial charge in [0.2, 0.25) is 0 Å². The van der Waals surface area contributed by atoms with Gasteiger partial charge in [-0.05, 0) is 32.9 Å². The highest BCUT2D eigenvalue weighted by molar-refractivity contribution is 7.11. The van der Waals surface area contributed by atoms with Crippen LogP contribution in [-0.4, -0.2) is 21.3 Å². The predicted molar refractivity (Wildman–Crippen MR) is 70.3 cm³/mol. The average molecular weight is 250 g/mol. The van der Waals surface area contributed by atoms with E-state index in [1.807, 2.05) is 29.9 Å². The number of rotatable bonds is 5. The average Bonchev–Trinajstić information content (AvgIpc) is 2.81. The van der Waals surface area contributed by atoms with E-state index in [1.54, 1.807) is 0 Å². The van der Waals surface area contributed by atoms with E-state index in [4.69, 9.17) is 0 Å². The molecule has 0 unspecified atom stereocenters. The number of nitrogens with one attached hydrogen (secondary N) is 1. The van der Waals surface area contributed by atoms with Gasteiger partial charge in [0.15, 0.2) is 0 Å². The Labute approximate surface area is 106 Å². The van der Waals surface area contributed by atoms with Gasteiger partial charge in [-0.3, -0.25) is 0 Å². The molecule has 0 fully saturated rings. The van der Waals surface area contributed by atoms with E-state index in [-0.39, 0.29) is 0 Å². The molecule has 0 radical (unpaired) electrons. The Hall–Kier alpha value is -1.20. The second-order valence-electron chi connectivity index (χ2n) is 4.12. The lowest BCUT2D eigenvalue weighted by Crippen LogP contribution is -2.20. The summed E-state index contributed by atoms with van der Waals surface area (Å²) in [5, 5.41) is 7.75. The molecule has 0 aliphatic carbocycles. The largest absolute Gasteiger partial charge is 0.310 e. The van der Waals surface area contributed by atoms with Crippen molar-refractivity contribution in [1.29, 1.82) is 0 Å². The Morgan fingerprint density at radius 3 is 2.71 bits per heavy atom. The lowest BCUT2D eigenvalue weighted by atomic mass is 10.4. The maximum atomic E-state index is 4.33. The molecule has 2 heterocycles. The van der Waals surface area contributed by atoms with Gasteiger partial charge in [0.25, 0.3) is 0 Å². The van der Waals surface area contributed by atoms with Gasteiger partial charge < -0.3 is 5.32 Å². The van der Waals surface area contributed by atoms with Crippen molar-refractivity contribution >= 4 is 11.3 Å². The third-order valence-corrected chi connectivity index (χ3v) is 3.56. The van der Waals surface area contributed by atoms with Crippen LogP contribution in [0.15, 0.2) is 12.1 Å². The summed E-state index contributed by atoms with van der Waals surface area (Å²) in [4.78, 5) is 7.03. The molecule has 0 spiro atoms. The quantitative estimate of drug-likeness (QED) is 0.826. The highest BCUT2D eigenvalue weighted by atomic mass is 32.1. The van der Waals surface area contributed by atoms with Crippen LogP contribution in [0.4, 0.5) is 0 Å². The molecule has 0 bridgehead atoms. The minimum atomic E-state index is 0.844. The Morgan fingerprint density at radius 1 is 1.29 bits per heavy atom. The molecule has 2 aromatic heterocycles. The topological polar surface area (TPSA) is 42.7 Å². The Kier molecular flexibility index (Phi) is 3.91. The first-order chi connectivity index (χ1) is 8.15. The third kappa shape index (κ3) is 3.38. The van der Waals surface area contributed by atoms with Crippen LogP contribution in [-0.2, 0) is 13.1 Å². The van der Waals surface area contributed by atoms with Gasteiger partial charge in [-0.15, -0.1) is 11.3 Å². The molecule has 0 saturated heterocycles. The summed E-state index contributed by atoms with van der Waals surface area (Å²) in [5.41, 5.74) is 0. The second-order valence-corrected chi connectivity index (χ2v) is 5.49. The van der Waals surface area contributed by atoms with Crippen LogP contribution >= 0.6 is 11.3 Å². The Bertz CT molecular complexity index is 486. The fraction of sp³-hybridized carbons (Fsp3) is 0.500. The molecule has 0 atom stereocenters. The third-order valence-electron chi connectivity index (χ3n) is 2.56. The van der Waals surface area contributed by atoms with Gasteiger partial charge >= 0.3 is 0 Å². The Morgan fingerprint density at radius 2 is 2.12 bits per heavy atom. The number of aromatic nitrogens is 3. The summed E-state index contributed by atoms with van der Waals surface area (Å²) in [7, 11) is 0. The van der Waals surface area contributed by atoms with Crippen molar-refractivity contribution in [3.8, 4) is 0 Å². The molecule has 17 heavy (non-hydrogen) atoms. The fourth-order valence-electron chi connectivity index (χ4n) is 1.75. The smallest absolute Gasteiger partial charge is 0.147 e. The Balaban J connectivity index is 1.75. The number of aryl methyl sites for hydroxylation is 3. The molecule has 5 heteroatoms. The molecule has 2 aromatic rings. The highest BCUT2D eigenvalue weighted by Crippen LogP contribution is 2.14. The zero-order valence-electron chi connectivity index (χ0n) is 10.5. The van der Waals surface area contributed by atoms with Crippen molar-refractivity contribution in [3.63, 3.8) is 0 Å². The van der Waals surface area contributed by atoms with E-state index in [0.717, 1.165) is 31.3 Å². The molecule has 0 aliphatic rings. The van der Waals surface area contributed by atoms with Crippen LogP contribution in [0.1, 0.15) is 21.4 Å². The molecule has 1 N–H and O–H groups in total. The van der Waals surface area contributed by atoms with Gasteiger partial charge in [0.1, 0.15) is 11.6 Å². The van der Waals surface area contributed by atoms with E-state index < -0.39 is 0 Å². The SMILES string of the molecule is Cc1nc(C)n(CCNCc2ccc(C)s2)n1. The van der Waals surface area contributed by atoms with Gasteiger partial charge in [-0.25, -0.2) is 9.67 Å². The molecule has 0 aliphatic heterocycles. The number of hydrogen-bond donors (Lipinski definition) is 1. The molecule has 2 rings (SSSR count). The van der Waals surface area contributed by atoms with Crippen LogP contribution in [0.25, 0.3) is 0 Å². The van der Waals surface area contributed by atoms with Gasteiger partial charge in [-0.1, -0.05) is 0 Å². The first kappa shape index (κ1) is 12.3. The summed E-state index contributed by atoms with van der Waals surface area (Å²) < 4.78 is 1.95. The zero-order valence-corrected chi connectivity index (χ0v) is 11.3. The summed E-state index contributed by atoms with van der Waals surface area (Å²) in [6.07, 6.45) is 0. The highest BCUT2D eigenvalue weighted by Gasteiger charge is 2.01. The summed E-state index contributed by atoms with van der Waals surface area (Å²) >= 11 is 1.84. The van der Waals surface area contributed by atoms with Crippen LogP contribution < -0.4 is 5.32 Å². The maximum absolute atomic E-state index is 4.33. The van der Waals surface area contributed by atoms with Crippen LogP contribution in [0.2, 0.25) is 0 Å². The second kappa shape index (κ2) is 5.42. The van der Waals surface area contributed by atoms with E-state index in [1.165, 1.54) is 9.75 Å². The molecule has 92 valence electrons. The van der Waals surface area contributed by atoms with Crippen molar-refractivity contribution in [1.82, 2.24) is 20.1 Å². The fourth-order valence-corrected chi connectivity index (χ4v) is 2.61. The van der Waals surface area contributed by atoms with Crippen LogP contribution in [0.3, 0.4) is 0 Å². The predicted octanol–water partition coefficient (Wildman–Crippen LogP) is 2.05. The molecule has 0 amide bonds. The zero-order chi connectivity index (χ0) is 12.3. The lowest BCUT2D eigenvalue weighted by molar-refractivity contribution is 0.542. The standard InChI is InChI=1S/C12H18N4S/c1-9-4-5-12(17-9)8-13-6-7-16-11(3)14-10(2)15-16/h4-5,13H,6-8H2,1-3H3. The molecular formula is C12H18N4S. The van der Waals surface area contributed by atoms with Crippen molar-refractivity contribution in [2.45, 2.75) is 33.9 Å². The van der Waals surface area contributed by atoms with Gasteiger partial charge in [0, 0.05) is 22.8 Å². The first-order valence-electron chi connectivity index (χ1n) is 5.79. The van der Waals surface area contributed by atoms with Crippen molar-refractivity contribution in [2.75, 3.05) is 6.54 Å². The molecule has 0 saturated carbocycles. The van der Waals surface area contributed by atoms with Crippen LogP contribution in [0, 0.1) is 20.8 Å². The van der Waals surface area contributed by atoms with Crippen molar-refractivity contribution in [2.24, 2.45) is 0 Å². The normalized spacial score (nSPS) is 11.0. The first-order valence-corrected chi connectivity index (χ1v) is 6.61. The molecule has 0 aromatic carbocycles. The maximum Gasteiger partial charge on any atom is 0.147 e. The van der Waals surface area contributed by atoms with Crippen LogP contribution in [0.5, 0.6) is 0 Å². The monoisotopic (exact) mass is 250 g/mol. The molecular weight excluding hydrogens is 232 g/mol. The van der Waals surface area contributed by atoms with Crippen molar-refractivity contribution in [3.05, 3.63) is 33.5 Å². The van der Waals surface area contributed by atoms with E-state index in [9.17, 15) is 0 Å². The number of hydrogen-bond acceptors (Lipinski definition) is 4.